The number of rotatable bonds is 3. The van der Waals surface area contributed by atoms with Gasteiger partial charge in [-0.2, -0.15) is 0 Å². The lowest BCUT2D eigenvalue weighted by Crippen LogP contribution is -2.41. The van der Waals surface area contributed by atoms with Crippen molar-refractivity contribution in [3.8, 4) is 11.8 Å². The molecule has 0 aromatic carbocycles. The molecule has 0 saturated carbocycles. The second kappa shape index (κ2) is 6.74. The summed E-state index contributed by atoms with van der Waals surface area (Å²) in [5.41, 5.74) is 0.757. The van der Waals surface area contributed by atoms with E-state index in [0.29, 0.717) is 11.3 Å². The summed E-state index contributed by atoms with van der Waals surface area (Å²) in [6.07, 6.45) is 0.426. The van der Waals surface area contributed by atoms with Gasteiger partial charge in [-0.3, -0.25) is 4.79 Å². The summed E-state index contributed by atoms with van der Waals surface area (Å²) in [5, 5.41) is 13.6. The molecule has 0 saturated heterocycles. The first kappa shape index (κ1) is 15.7. The second-order valence-corrected chi connectivity index (χ2v) is 6.42. The predicted octanol–water partition coefficient (Wildman–Crippen LogP) is 2.65. The Morgan fingerprint density at radius 3 is 2.79 bits per heavy atom. The molecule has 19 heavy (non-hydrogen) atoms. The smallest absolute Gasteiger partial charge is 0.262 e. The zero-order valence-corrected chi connectivity index (χ0v) is 12.7. The molecule has 1 amide bonds. The van der Waals surface area contributed by atoms with Gasteiger partial charge in [0.25, 0.3) is 5.91 Å². The second-order valence-electron chi connectivity index (χ2n) is 5.50. The van der Waals surface area contributed by atoms with Crippen molar-refractivity contribution in [2.24, 2.45) is 5.41 Å². The summed E-state index contributed by atoms with van der Waals surface area (Å²) >= 11 is 1.39. The lowest BCUT2D eigenvalue weighted by Gasteiger charge is -2.27. The van der Waals surface area contributed by atoms with Crippen LogP contribution in [0.25, 0.3) is 0 Å². The highest BCUT2D eigenvalue weighted by molar-refractivity contribution is 7.12. The minimum Gasteiger partial charge on any atom is -0.395 e. The molecule has 1 atom stereocenters. The molecule has 0 aliphatic heterocycles. The molecule has 0 radical (unpaired) electrons. The van der Waals surface area contributed by atoms with E-state index in [0.717, 1.165) is 5.56 Å². The van der Waals surface area contributed by atoms with Crippen molar-refractivity contribution in [3.05, 3.63) is 21.9 Å². The van der Waals surface area contributed by atoms with Crippen LogP contribution in [0.2, 0.25) is 0 Å². The van der Waals surface area contributed by atoms with Crippen LogP contribution in [0.5, 0.6) is 0 Å². The highest BCUT2D eigenvalue weighted by Crippen LogP contribution is 2.21. The van der Waals surface area contributed by atoms with Gasteiger partial charge in [0.15, 0.2) is 0 Å². The monoisotopic (exact) mass is 279 g/mol. The van der Waals surface area contributed by atoms with Gasteiger partial charge in [-0.25, -0.2) is 0 Å². The summed E-state index contributed by atoms with van der Waals surface area (Å²) in [6, 6.07) is 1.92. The minimum atomic E-state index is -0.0780. The molecule has 1 aromatic rings. The minimum absolute atomic E-state index is 0.0235. The first-order valence-corrected chi connectivity index (χ1v) is 7.22. The highest BCUT2D eigenvalue weighted by Gasteiger charge is 2.23. The molecule has 1 rings (SSSR count). The number of hydrogen-bond donors (Lipinski definition) is 2. The number of aliphatic hydroxyl groups excluding tert-OH is 1. The van der Waals surface area contributed by atoms with Crippen LogP contribution in [0.4, 0.5) is 0 Å². The van der Waals surface area contributed by atoms with E-state index in [9.17, 15) is 4.79 Å². The van der Waals surface area contributed by atoms with Crippen molar-refractivity contribution >= 4 is 17.2 Å². The van der Waals surface area contributed by atoms with E-state index in [1.165, 1.54) is 11.3 Å². The van der Waals surface area contributed by atoms with E-state index in [1.54, 1.807) is 0 Å². The Balaban J connectivity index is 2.79. The maximum absolute atomic E-state index is 12.2. The van der Waals surface area contributed by atoms with Crippen molar-refractivity contribution in [2.75, 3.05) is 6.61 Å². The molecule has 0 bridgehead atoms. The molecule has 1 heterocycles. The van der Waals surface area contributed by atoms with Crippen molar-refractivity contribution in [2.45, 2.75) is 40.2 Å². The summed E-state index contributed by atoms with van der Waals surface area (Å²) < 4.78 is 0. The Labute approximate surface area is 119 Å². The van der Waals surface area contributed by atoms with Crippen LogP contribution in [0.15, 0.2) is 11.4 Å². The van der Waals surface area contributed by atoms with Gasteiger partial charge >= 0.3 is 0 Å². The predicted molar refractivity (Wildman–Crippen MR) is 79.3 cm³/mol. The molecule has 104 valence electrons. The molecule has 1 aromatic heterocycles. The fraction of sp³-hybridized carbons (Fsp3) is 0.533. The lowest BCUT2D eigenvalue weighted by atomic mass is 9.88. The van der Waals surface area contributed by atoms with Crippen LogP contribution in [0, 0.1) is 17.3 Å². The zero-order chi connectivity index (χ0) is 14.5. The molecule has 2 N–H and O–H groups in total. The van der Waals surface area contributed by atoms with Crippen LogP contribution in [0.1, 0.15) is 49.4 Å². The third-order valence-corrected chi connectivity index (χ3v) is 3.89. The van der Waals surface area contributed by atoms with E-state index in [-0.39, 0.29) is 24.0 Å². The van der Waals surface area contributed by atoms with Gasteiger partial charge < -0.3 is 10.4 Å². The number of carbonyl (C=O) groups is 1. The van der Waals surface area contributed by atoms with E-state index in [4.69, 9.17) is 5.11 Å². The Bertz CT molecular complexity index is 488. The normalized spacial score (nSPS) is 12.5. The molecule has 4 heteroatoms. The fourth-order valence-corrected chi connectivity index (χ4v) is 2.03. The van der Waals surface area contributed by atoms with Gasteiger partial charge in [-0.1, -0.05) is 32.6 Å². The molecule has 3 nitrogen and oxygen atoms in total. The van der Waals surface area contributed by atoms with Crippen molar-refractivity contribution < 1.29 is 9.90 Å². The van der Waals surface area contributed by atoms with E-state index in [1.807, 2.05) is 18.4 Å². The van der Waals surface area contributed by atoms with Gasteiger partial charge in [-0.15, -0.1) is 11.3 Å². The van der Waals surface area contributed by atoms with E-state index >= 15 is 0 Å². The topological polar surface area (TPSA) is 49.3 Å². The number of nitrogens with one attached hydrogen (secondary N) is 1. The Kier molecular flexibility index (Phi) is 5.59. The highest BCUT2D eigenvalue weighted by atomic mass is 32.1. The number of amides is 1. The number of aliphatic hydroxyl groups is 1. The average Bonchev–Trinajstić information content (AvgIpc) is 2.76. The quantitative estimate of drug-likeness (QED) is 0.836. The van der Waals surface area contributed by atoms with Crippen LogP contribution in [-0.2, 0) is 0 Å². The number of carbonyl (C=O) groups excluding carboxylic acids is 1. The van der Waals surface area contributed by atoms with Crippen molar-refractivity contribution in [1.82, 2.24) is 5.32 Å². The summed E-state index contributed by atoms with van der Waals surface area (Å²) in [6.45, 7) is 8.32. The van der Waals surface area contributed by atoms with Crippen molar-refractivity contribution in [1.29, 1.82) is 0 Å². The third kappa shape index (κ3) is 4.70. The van der Waals surface area contributed by atoms with Crippen LogP contribution < -0.4 is 5.32 Å². The maximum atomic E-state index is 12.2. The van der Waals surface area contributed by atoms with Crippen LogP contribution >= 0.6 is 11.3 Å². The van der Waals surface area contributed by atoms with Gasteiger partial charge in [0.1, 0.15) is 4.88 Å². The average molecular weight is 279 g/mol. The zero-order valence-electron chi connectivity index (χ0n) is 11.9. The number of hydrogen-bond acceptors (Lipinski definition) is 3. The van der Waals surface area contributed by atoms with E-state index < -0.39 is 0 Å². The maximum Gasteiger partial charge on any atom is 0.262 e. The van der Waals surface area contributed by atoms with Crippen LogP contribution in [-0.4, -0.2) is 23.7 Å². The molecule has 0 aliphatic carbocycles. The van der Waals surface area contributed by atoms with Crippen LogP contribution in [0.3, 0.4) is 0 Å². The summed E-state index contributed by atoms with van der Waals surface area (Å²) in [7, 11) is 0. The number of thiophene rings is 1. The molecular formula is C15H21NO2S. The largest absolute Gasteiger partial charge is 0.395 e. The molecule has 0 aliphatic rings. The van der Waals surface area contributed by atoms with E-state index in [2.05, 4.69) is 37.9 Å². The third-order valence-electron chi connectivity index (χ3n) is 2.98. The molecule has 1 unspecified atom stereocenters. The SMILES string of the molecule is CC(NC(=O)c1sccc1C#CCCO)C(C)(C)C. The van der Waals surface area contributed by atoms with Gasteiger partial charge in [0.2, 0.25) is 0 Å². The first-order chi connectivity index (χ1) is 8.86. The Morgan fingerprint density at radius 2 is 2.21 bits per heavy atom. The summed E-state index contributed by atoms with van der Waals surface area (Å²) in [4.78, 5) is 12.8. The van der Waals surface area contributed by atoms with Crippen molar-refractivity contribution in [3.63, 3.8) is 0 Å². The van der Waals surface area contributed by atoms with Gasteiger partial charge in [0.05, 0.1) is 6.61 Å². The van der Waals surface area contributed by atoms with Gasteiger partial charge in [0, 0.05) is 18.0 Å². The first-order valence-electron chi connectivity index (χ1n) is 6.34. The fourth-order valence-electron chi connectivity index (χ4n) is 1.28. The lowest BCUT2D eigenvalue weighted by molar-refractivity contribution is 0.0914. The molecule has 0 spiro atoms. The summed E-state index contributed by atoms with van der Waals surface area (Å²) in [5.74, 6) is 5.69. The standard InChI is InChI=1S/C15H21NO2S/c1-11(15(2,3)4)16-14(18)13-12(8-10-19-13)7-5-6-9-17/h8,10-11,17H,6,9H2,1-4H3,(H,16,18). The Hall–Kier alpha value is -1.31. The Morgan fingerprint density at radius 1 is 1.53 bits per heavy atom. The van der Waals surface area contributed by atoms with Gasteiger partial charge in [-0.05, 0) is 23.8 Å². The molecule has 0 fully saturated rings. The molecular weight excluding hydrogens is 258 g/mol.